The maximum atomic E-state index is 13.0. The van der Waals surface area contributed by atoms with E-state index >= 15 is 0 Å². The average molecular weight is 443 g/mol. The molecule has 0 aliphatic carbocycles. The highest BCUT2D eigenvalue weighted by Gasteiger charge is 2.40. The predicted molar refractivity (Wildman–Crippen MR) is 123 cm³/mol. The van der Waals surface area contributed by atoms with Gasteiger partial charge in [0.25, 0.3) is 0 Å². The lowest BCUT2D eigenvalue weighted by atomic mass is 9.81. The van der Waals surface area contributed by atoms with Crippen molar-refractivity contribution < 1.29 is 14.3 Å². The Hall–Kier alpha value is -1.76. The van der Waals surface area contributed by atoms with Crippen LogP contribution < -0.4 is 0 Å². The van der Waals surface area contributed by atoms with Crippen molar-refractivity contribution in [3.63, 3.8) is 0 Å². The Morgan fingerprint density at radius 1 is 1.29 bits per heavy atom. The van der Waals surface area contributed by atoms with E-state index in [0.717, 1.165) is 51.1 Å². The first kappa shape index (κ1) is 22.4. The van der Waals surface area contributed by atoms with E-state index in [2.05, 4.69) is 34.1 Å². The molecule has 0 bridgehead atoms. The summed E-state index contributed by atoms with van der Waals surface area (Å²) in [4.78, 5) is 19.8. The van der Waals surface area contributed by atoms with E-state index in [0.29, 0.717) is 13.0 Å². The van der Waals surface area contributed by atoms with Gasteiger partial charge >= 0.3 is 5.97 Å². The van der Waals surface area contributed by atoms with Gasteiger partial charge in [0, 0.05) is 38.0 Å². The predicted octanol–water partition coefficient (Wildman–Crippen LogP) is 4.60. The summed E-state index contributed by atoms with van der Waals surface area (Å²) in [6.45, 7) is 9.14. The standard InChI is InChI=1S/C25H34N2O3S/c1-24(2,3)30-23(28)20(15-21-17-31-18-26-21)16-27-12-10-25(11-13-27)22-9-5-4-7-19(22)8-6-14-29-25/h4-5,7,9,17-18,20H,6,8,10-16H2,1-3H3. The van der Waals surface area contributed by atoms with Gasteiger partial charge < -0.3 is 14.4 Å². The van der Waals surface area contributed by atoms with Crippen molar-refractivity contribution in [2.75, 3.05) is 26.2 Å². The number of nitrogens with zero attached hydrogens (tertiary/aromatic N) is 2. The lowest BCUT2D eigenvalue weighted by Gasteiger charge is -2.42. The second kappa shape index (κ2) is 9.39. The normalized spacial score (nSPS) is 20.1. The number of likely N-dealkylation sites (tertiary alicyclic amines) is 1. The third kappa shape index (κ3) is 5.54. The monoisotopic (exact) mass is 442 g/mol. The highest BCUT2D eigenvalue weighted by atomic mass is 32.1. The molecule has 3 heterocycles. The molecule has 168 valence electrons. The Morgan fingerprint density at radius 2 is 2.06 bits per heavy atom. The van der Waals surface area contributed by atoms with Crippen molar-refractivity contribution >= 4 is 17.3 Å². The van der Waals surface area contributed by atoms with E-state index < -0.39 is 5.60 Å². The van der Waals surface area contributed by atoms with Crippen molar-refractivity contribution in [3.8, 4) is 0 Å². The Morgan fingerprint density at radius 3 is 2.77 bits per heavy atom. The largest absolute Gasteiger partial charge is 0.460 e. The molecular formula is C25H34N2O3S. The summed E-state index contributed by atoms with van der Waals surface area (Å²) < 4.78 is 12.2. The second-order valence-electron chi connectivity index (χ2n) is 9.82. The highest BCUT2D eigenvalue weighted by molar-refractivity contribution is 7.07. The van der Waals surface area contributed by atoms with Crippen LogP contribution >= 0.6 is 11.3 Å². The minimum absolute atomic E-state index is 0.128. The molecule has 0 radical (unpaired) electrons. The number of hydrogen-bond acceptors (Lipinski definition) is 6. The van der Waals surface area contributed by atoms with Gasteiger partial charge in [0.05, 0.1) is 22.7 Å². The molecule has 0 saturated carbocycles. The smallest absolute Gasteiger partial charge is 0.311 e. The van der Waals surface area contributed by atoms with E-state index in [-0.39, 0.29) is 17.5 Å². The van der Waals surface area contributed by atoms with Crippen LogP contribution in [0.2, 0.25) is 0 Å². The number of aryl methyl sites for hydroxylation is 1. The molecule has 1 atom stereocenters. The molecular weight excluding hydrogens is 408 g/mol. The Labute approximate surface area is 189 Å². The molecule has 2 aliphatic heterocycles. The first-order chi connectivity index (χ1) is 14.8. The first-order valence-electron chi connectivity index (χ1n) is 11.4. The van der Waals surface area contributed by atoms with E-state index in [1.165, 1.54) is 11.1 Å². The molecule has 0 amide bonds. The SMILES string of the molecule is CC(C)(C)OC(=O)C(Cc1cscn1)CN1CCC2(CC1)OCCCc1ccccc12. The molecule has 31 heavy (non-hydrogen) atoms. The molecule has 2 aliphatic rings. The molecule has 1 unspecified atom stereocenters. The fourth-order valence-corrected chi connectivity index (χ4v) is 5.38. The maximum Gasteiger partial charge on any atom is 0.311 e. The number of benzene rings is 1. The summed E-state index contributed by atoms with van der Waals surface area (Å²) >= 11 is 1.57. The quantitative estimate of drug-likeness (QED) is 0.634. The Bertz CT molecular complexity index is 867. The van der Waals surface area contributed by atoms with Crippen LogP contribution in [0.3, 0.4) is 0 Å². The number of carbonyl (C=O) groups is 1. The molecule has 1 aromatic carbocycles. The number of ether oxygens (including phenoxy) is 2. The summed E-state index contributed by atoms with van der Waals surface area (Å²) in [5.41, 5.74) is 4.94. The summed E-state index contributed by atoms with van der Waals surface area (Å²) in [5.74, 6) is -0.338. The van der Waals surface area contributed by atoms with E-state index in [1.807, 2.05) is 31.7 Å². The number of esters is 1. The van der Waals surface area contributed by atoms with Crippen LogP contribution in [0, 0.1) is 5.92 Å². The lowest BCUT2D eigenvalue weighted by molar-refractivity contribution is -0.161. The molecule has 5 nitrogen and oxygen atoms in total. The van der Waals surface area contributed by atoms with Gasteiger partial charge in [-0.25, -0.2) is 4.98 Å². The molecule has 2 aromatic rings. The number of thiazole rings is 1. The number of fused-ring (bicyclic) bond motifs is 2. The number of carbonyl (C=O) groups excluding carboxylic acids is 1. The van der Waals surface area contributed by atoms with Crippen LogP contribution in [0.1, 0.15) is 56.9 Å². The summed E-state index contributed by atoms with van der Waals surface area (Å²) in [5, 5.41) is 2.03. The second-order valence-corrected chi connectivity index (χ2v) is 10.5. The van der Waals surface area contributed by atoms with Gasteiger partial charge in [0.15, 0.2) is 0 Å². The van der Waals surface area contributed by atoms with Gasteiger partial charge in [-0.05, 0) is 57.6 Å². The van der Waals surface area contributed by atoms with Gasteiger partial charge in [-0.3, -0.25) is 4.79 Å². The minimum Gasteiger partial charge on any atom is -0.460 e. The zero-order chi connectivity index (χ0) is 21.9. The minimum atomic E-state index is -0.485. The van der Waals surface area contributed by atoms with Gasteiger partial charge in [-0.15, -0.1) is 11.3 Å². The van der Waals surface area contributed by atoms with Crippen LogP contribution in [0.25, 0.3) is 0 Å². The Balaban J connectivity index is 1.45. The summed E-state index contributed by atoms with van der Waals surface area (Å²) in [7, 11) is 0. The van der Waals surface area contributed by atoms with E-state index in [9.17, 15) is 4.79 Å². The van der Waals surface area contributed by atoms with Crippen molar-refractivity contribution in [2.45, 2.75) is 64.1 Å². The topological polar surface area (TPSA) is 51.7 Å². The van der Waals surface area contributed by atoms with Crippen LogP contribution in [0.4, 0.5) is 0 Å². The number of hydrogen-bond donors (Lipinski definition) is 0. The zero-order valence-corrected chi connectivity index (χ0v) is 19.7. The molecule has 4 rings (SSSR count). The molecule has 1 spiro atoms. The third-order valence-corrected chi connectivity index (χ3v) is 6.93. The van der Waals surface area contributed by atoms with Crippen molar-refractivity contribution in [3.05, 3.63) is 52.0 Å². The maximum absolute atomic E-state index is 13.0. The molecule has 1 aromatic heterocycles. The Kier molecular flexibility index (Phi) is 6.80. The number of rotatable bonds is 5. The fourth-order valence-electron chi connectivity index (χ4n) is 4.81. The van der Waals surface area contributed by atoms with Gasteiger partial charge in [-0.2, -0.15) is 0 Å². The van der Waals surface area contributed by atoms with Crippen molar-refractivity contribution in [2.24, 2.45) is 5.92 Å². The average Bonchev–Trinajstić information content (AvgIpc) is 3.18. The highest BCUT2D eigenvalue weighted by Crippen LogP contribution is 2.41. The molecule has 1 saturated heterocycles. The first-order valence-corrected chi connectivity index (χ1v) is 12.3. The van der Waals surface area contributed by atoms with E-state index in [1.54, 1.807) is 11.3 Å². The van der Waals surface area contributed by atoms with Crippen molar-refractivity contribution in [1.82, 2.24) is 9.88 Å². The van der Waals surface area contributed by atoms with Crippen LogP contribution in [0.15, 0.2) is 35.2 Å². The number of aromatic nitrogens is 1. The van der Waals surface area contributed by atoms with Gasteiger partial charge in [0.1, 0.15) is 5.60 Å². The third-order valence-electron chi connectivity index (χ3n) is 6.30. The lowest BCUT2D eigenvalue weighted by Crippen LogP contribution is -2.47. The molecule has 0 N–H and O–H groups in total. The zero-order valence-electron chi connectivity index (χ0n) is 18.9. The summed E-state index contributed by atoms with van der Waals surface area (Å²) in [6, 6.07) is 8.78. The van der Waals surface area contributed by atoms with Crippen LogP contribution in [-0.2, 0) is 32.7 Å². The van der Waals surface area contributed by atoms with Crippen molar-refractivity contribution in [1.29, 1.82) is 0 Å². The van der Waals surface area contributed by atoms with Crippen LogP contribution in [-0.4, -0.2) is 47.7 Å². The molecule has 6 heteroatoms. The molecule has 1 fully saturated rings. The van der Waals surface area contributed by atoms with Gasteiger partial charge in [-0.1, -0.05) is 24.3 Å². The van der Waals surface area contributed by atoms with Gasteiger partial charge in [0.2, 0.25) is 0 Å². The van der Waals surface area contributed by atoms with E-state index in [4.69, 9.17) is 9.47 Å². The van der Waals surface area contributed by atoms with Crippen LogP contribution in [0.5, 0.6) is 0 Å². The number of piperidine rings is 1. The summed E-state index contributed by atoms with van der Waals surface area (Å²) in [6.07, 6.45) is 4.72. The fraction of sp³-hybridized carbons (Fsp3) is 0.600.